The van der Waals surface area contributed by atoms with Crippen LogP contribution in [0.3, 0.4) is 0 Å². The minimum Gasteiger partial charge on any atom is -0.378 e. The van der Waals surface area contributed by atoms with Crippen LogP contribution in [0.25, 0.3) is 10.9 Å². The zero-order chi connectivity index (χ0) is 52.6. The number of carbonyl (C=O) groups is 1. The number of piperazine rings is 1. The topological polar surface area (TPSA) is 145 Å². The molecule has 4 heterocycles. The van der Waals surface area contributed by atoms with Crippen molar-refractivity contribution in [2.24, 2.45) is 5.92 Å². The van der Waals surface area contributed by atoms with Gasteiger partial charge in [0.05, 0.1) is 90.3 Å². The van der Waals surface area contributed by atoms with Crippen LogP contribution in [-0.4, -0.2) is 170 Å². The molecule has 410 valence electrons. The van der Waals surface area contributed by atoms with Crippen molar-refractivity contribution in [1.82, 2.24) is 44.6 Å². The SMILES string of the molecule is CN(CCCNc1nc(CN2CCN(C(c3ccc(Cl)cc3)C3C=CC(Cl)=CC3)CC2)nc2ccccc12)CCOCCOCCOCCOCCn1cc(COCCCc2ccc(C3CCCCN3C=O)cc2)nn1. The van der Waals surface area contributed by atoms with E-state index in [9.17, 15) is 4.79 Å². The van der Waals surface area contributed by atoms with E-state index in [1.54, 1.807) is 4.68 Å². The fourth-order valence-electron chi connectivity index (χ4n) is 10.2. The summed E-state index contributed by atoms with van der Waals surface area (Å²) in [6.07, 6.45) is 16.4. The molecule has 2 fully saturated rings. The Hall–Kier alpha value is -4.85. The van der Waals surface area contributed by atoms with E-state index in [-0.39, 0.29) is 12.1 Å². The number of anilines is 1. The number of halogens is 2. The van der Waals surface area contributed by atoms with Gasteiger partial charge in [0, 0.05) is 79.8 Å². The maximum absolute atomic E-state index is 11.5. The van der Waals surface area contributed by atoms with E-state index in [1.165, 1.54) is 23.1 Å². The number of piperidine rings is 1. The minimum atomic E-state index is 0.206. The number of hydrogen-bond donors (Lipinski definition) is 1. The molecule has 3 aliphatic rings. The largest absolute Gasteiger partial charge is 0.378 e. The van der Waals surface area contributed by atoms with E-state index in [4.69, 9.17) is 56.9 Å². The van der Waals surface area contributed by atoms with Gasteiger partial charge in [0.1, 0.15) is 17.3 Å². The van der Waals surface area contributed by atoms with Crippen LogP contribution in [0.5, 0.6) is 0 Å². The Morgan fingerprint density at radius 3 is 2.29 bits per heavy atom. The van der Waals surface area contributed by atoms with Gasteiger partial charge in [-0.1, -0.05) is 89.1 Å². The van der Waals surface area contributed by atoms with Crippen LogP contribution >= 0.6 is 23.2 Å². The highest BCUT2D eigenvalue weighted by Gasteiger charge is 2.31. The molecule has 76 heavy (non-hydrogen) atoms. The van der Waals surface area contributed by atoms with Crippen molar-refractivity contribution in [1.29, 1.82) is 0 Å². The molecule has 0 saturated carbocycles. The first-order chi connectivity index (χ1) is 37.4. The molecule has 0 bridgehead atoms. The number of amides is 1. The van der Waals surface area contributed by atoms with Gasteiger partial charge >= 0.3 is 0 Å². The summed E-state index contributed by atoms with van der Waals surface area (Å²) in [6, 6.07) is 25.7. The zero-order valence-corrected chi connectivity index (χ0v) is 45.9. The predicted octanol–water partition coefficient (Wildman–Crippen LogP) is 8.77. The standard InChI is InChI=1S/C58H78Cl2N10O6/c1-66(25-7-24-61-58-53-9-2-3-10-54(53)62-56(63-58)43-67-27-29-68(30-28-67)57(48-16-20-50(59)21-17-48)49-18-22-51(60)23-19-49)31-34-72-36-38-74-40-41-75-39-37-73-35-32-70-42-52(64-65-70)44-76-33-6-8-46-12-14-47(15-13-46)55-11-4-5-26-69(55)45-71/h2-3,9-10,12-18,20-23,42,45,49,55,57H,4-8,11,19,24-41,43-44H2,1H3,(H,61,62,63). The number of hydrogen-bond acceptors (Lipinski definition) is 14. The third-order valence-electron chi connectivity index (χ3n) is 14.4. The summed E-state index contributed by atoms with van der Waals surface area (Å²) < 4.78 is 30.6. The van der Waals surface area contributed by atoms with Gasteiger partial charge in [-0.15, -0.1) is 5.10 Å². The van der Waals surface area contributed by atoms with Crippen molar-refractivity contribution in [2.75, 3.05) is 124 Å². The van der Waals surface area contributed by atoms with Gasteiger partial charge in [-0.3, -0.25) is 14.6 Å². The van der Waals surface area contributed by atoms with Crippen molar-refractivity contribution < 1.29 is 28.5 Å². The van der Waals surface area contributed by atoms with Crippen molar-refractivity contribution >= 4 is 46.3 Å². The number of likely N-dealkylation sites (tertiary alicyclic amines) is 1. The van der Waals surface area contributed by atoms with Gasteiger partial charge in [-0.05, 0) is 106 Å². The fraction of sp³-hybridized carbons (Fsp3) is 0.534. The van der Waals surface area contributed by atoms with Crippen LogP contribution in [0.4, 0.5) is 5.82 Å². The molecular formula is C58H78Cl2N10O6. The second-order valence-corrected chi connectivity index (χ2v) is 20.8. The lowest BCUT2D eigenvalue weighted by Crippen LogP contribution is -2.48. The molecule has 1 amide bonds. The first kappa shape index (κ1) is 57.3. The monoisotopic (exact) mass is 1080 g/mol. The molecular weight excluding hydrogens is 1000 g/mol. The normalized spacial score (nSPS) is 17.9. The molecule has 0 spiro atoms. The molecule has 3 unspecified atom stereocenters. The van der Waals surface area contributed by atoms with Crippen LogP contribution in [0.15, 0.2) is 102 Å². The van der Waals surface area contributed by atoms with Crippen LogP contribution in [0.2, 0.25) is 5.02 Å². The van der Waals surface area contributed by atoms with Gasteiger partial charge < -0.3 is 38.8 Å². The van der Waals surface area contributed by atoms with Gasteiger partial charge in [-0.25, -0.2) is 14.6 Å². The predicted molar refractivity (Wildman–Crippen MR) is 299 cm³/mol. The summed E-state index contributed by atoms with van der Waals surface area (Å²) in [5, 5.41) is 14.7. The summed E-state index contributed by atoms with van der Waals surface area (Å²) in [7, 11) is 2.13. The number of nitrogens with one attached hydrogen (secondary N) is 1. The fourth-order valence-corrected chi connectivity index (χ4v) is 10.5. The number of benzene rings is 3. The lowest BCUT2D eigenvalue weighted by molar-refractivity contribution is -0.121. The quantitative estimate of drug-likeness (QED) is 0.0316. The Bertz CT molecular complexity index is 2540. The molecule has 1 aliphatic carbocycles. The van der Waals surface area contributed by atoms with Gasteiger partial charge in [-0.2, -0.15) is 0 Å². The van der Waals surface area contributed by atoms with Gasteiger partial charge in [0.2, 0.25) is 6.41 Å². The molecule has 2 aromatic heterocycles. The molecule has 2 aliphatic heterocycles. The van der Waals surface area contributed by atoms with E-state index in [0.29, 0.717) is 85.1 Å². The van der Waals surface area contributed by atoms with Crippen LogP contribution in [0, 0.1) is 5.92 Å². The Labute approximate surface area is 459 Å². The molecule has 3 atom stereocenters. The molecule has 3 aromatic carbocycles. The first-order valence-electron chi connectivity index (χ1n) is 27.4. The Balaban J connectivity index is 0.609. The second-order valence-electron chi connectivity index (χ2n) is 19.9. The number of para-hydroxylation sites is 1. The van der Waals surface area contributed by atoms with E-state index < -0.39 is 0 Å². The smallest absolute Gasteiger partial charge is 0.210 e. The summed E-state index contributed by atoms with van der Waals surface area (Å²) in [5.41, 5.74) is 5.55. The number of ether oxygens (including phenoxy) is 5. The first-order valence-corrected chi connectivity index (χ1v) is 28.2. The van der Waals surface area contributed by atoms with Crippen LogP contribution < -0.4 is 5.32 Å². The van der Waals surface area contributed by atoms with E-state index in [2.05, 4.69) is 98.1 Å². The number of carbonyl (C=O) groups excluding carboxylic acids is 1. The van der Waals surface area contributed by atoms with E-state index in [1.807, 2.05) is 41.4 Å². The van der Waals surface area contributed by atoms with Crippen molar-refractivity contribution in [3.05, 3.63) is 135 Å². The summed E-state index contributed by atoms with van der Waals surface area (Å²) in [5.74, 6) is 2.08. The Morgan fingerprint density at radius 2 is 1.54 bits per heavy atom. The van der Waals surface area contributed by atoms with Gasteiger partial charge in [0.15, 0.2) is 0 Å². The third-order valence-corrected chi connectivity index (χ3v) is 14.9. The summed E-state index contributed by atoms with van der Waals surface area (Å²) in [4.78, 5) is 30.8. The molecule has 8 rings (SSSR count). The highest BCUT2D eigenvalue weighted by atomic mass is 35.5. The number of aromatic nitrogens is 5. The highest BCUT2D eigenvalue weighted by Crippen LogP contribution is 2.37. The maximum atomic E-state index is 11.5. The zero-order valence-electron chi connectivity index (χ0n) is 44.4. The molecule has 1 N–H and O–H groups in total. The minimum absolute atomic E-state index is 0.206. The number of aryl methyl sites for hydroxylation is 1. The van der Waals surface area contributed by atoms with E-state index >= 15 is 0 Å². The number of rotatable bonds is 33. The highest BCUT2D eigenvalue weighted by molar-refractivity contribution is 6.31. The Kier molecular flexibility index (Phi) is 23.8. The molecule has 18 heteroatoms. The lowest BCUT2D eigenvalue weighted by Gasteiger charge is -2.42. The molecule has 0 radical (unpaired) electrons. The van der Waals surface area contributed by atoms with Crippen molar-refractivity contribution in [3.8, 4) is 0 Å². The number of fused-ring (bicyclic) bond motifs is 1. The molecule has 2 saturated heterocycles. The Morgan fingerprint density at radius 1 is 0.789 bits per heavy atom. The van der Waals surface area contributed by atoms with Crippen LogP contribution in [-0.2, 0) is 54.6 Å². The van der Waals surface area contributed by atoms with Crippen molar-refractivity contribution in [2.45, 2.75) is 76.7 Å². The van der Waals surface area contributed by atoms with E-state index in [0.717, 1.165) is 136 Å². The number of allylic oxidation sites excluding steroid dienone is 3. The van der Waals surface area contributed by atoms with Crippen molar-refractivity contribution in [3.63, 3.8) is 0 Å². The number of likely N-dealkylation sites (N-methyl/N-ethyl adjacent to an activating group) is 1. The second kappa shape index (κ2) is 31.5. The summed E-state index contributed by atoms with van der Waals surface area (Å²) >= 11 is 12.6. The maximum Gasteiger partial charge on any atom is 0.210 e. The average molecular weight is 1080 g/mol. The third kappa shape index (κ3) is 18.4. The molecule has 16 nitrogen and oxygen atoms in total. The van der Waals surface area contributed by atoms with Crippen LogP contribution in [0.1, 0.15) is 78.8 Å². The average Bonchev–Trinajstić information content (AvgIpc) is 3.91. The lowest BCUT2D eigenvalue weighted by atomic mass is 9.86. The van der Waals surface area contributed by atoms with Gasteiger partial charge in [0.25, 0.3) is 0 Å². The number of nitrogens with zero attached hydrogens (tertiary/aromatic N) is 9. The summed E-state index contributed by atoms with van der Waals surface area (Å²) in [6.45, 7) is 13.8. The molecule has 5 aromatic rings.